The smallest absolute Gasteiger partial charge is 0.238 e. The molecule has 0 heterocycles. The van der Waals surface area contributed by atoms with E-state index in [0.717, 1.165) is 5.56 Å². The van der Waals surface area contributed by atoms with Crippen LogP contribution in [-0.4, -0.2) is 29.4 Å². The second-order valence-electron chi connectivity index (χ2n) is 6.03. The lowest BCUT2D eigenvalue weighted by Gasteiger charge is -2.31. The first-order valence-corrected chi connectivity index (χ1v) is 7.27. The zero-order valence-corrected chi connectivity index (χ0v) is 13.6. The number of rotatable bonds is 6. The molecule has 4 nitrogen and oxygen atoms in total. The fourth-order valence-corrected chi connectivity index (χ4v) is 1.87. The first-order valence-electron chi connectivity index (χ1n) is 7.27. The monoisotopic (exact) mass is 287 g/mol. The molecule has 0 fully saturated rings. The minimum absolute atomic E-state index is 0.0538. The molecule has 0 radical (unpaired) electrons. The summed E-state index contributed by atoms with van der Waals surface area (Å²) in [7, 11) is 1.91. The van der Waals surface area contributed by atoms with Crippen LogP contribution in [0.15, 0.2) is 30.3 Å². The second kappa shape index (κ2) is 7.24. The Balaban J connectivity index is 2.68. The third-order valence-corrected chi connectivity index (χ3v) is 4.09. The number of nitrogens with one attached hydrogen (secondary N) is 1. The summed E-state index contributed by atoms with van der Waals surface area (Å²) < 4.78 is 0. The van der Waals surface area contributed by atoms with Gasteiger partial charge in [-0.1, -0.05) is 44.2 Å². The van der Waals surface area contributed by atoms with Gasteiger partial charge in [0.05, 0.1) is 12.1 Å². The molecule has 1 aromatic rings. The number of likely N-dealkylation sites (N-methyl/N-ethyl adjacent to an activating group) is 1. The number of nitrogens with zero attached hydrogens (tertiary/aromatic N) is 2. The summed E-state index contributed by atoms with van der Waals surface area (Å²) >= 11 is 0. The molecular formula is C17H25N3O. The predicted molar refractivity (Wildman–Crippen MR) is 84.4 cm³/mol. The SMILES string of the molecule is CC(C(=O)NC(C)(C#N)C(C)C)N(C)Cc1ccccc1. The van der Waals surface area contributed by atoms with Crippen molar-refractivity contribution >= 4 is 5.91 Å². The summed E-state index contributed by atoms with van der Waals surface area (Å²) in [5.74, 6) is -0.0655. The standard InChI is InChI=1S/C17H25N3O/c1-13(2)17(4,12-18)19-16(21)14(3)20(5)11-15-9-7-6-8-10-15/h6-10,13-14H,11H2,1-5H3,(H,19,21). The van der Waals surface area contributed by atoms with Crippen LogP contribution in [0.25, 0.3) is 0 Å². The van der Waals surface area contributed by atoms with Gasteiger partial charge in [-0.15, -0.1) is 0 Å². The van der Waals surface area contributed by atoms with Gasteiger partial charge >= 0.3 is 0 Å². The van der Waals surface area contributed by atoms with E-state index in [-0.39, 0.29) is 17.9 Å². The van der Waals surface area contributed by atoms with Crippen LogP contribution >= 0.6 is 0 Å². The highest BCUT2D eigenvalue weighted by atomic mass is 16.2. The van der Waals surface area contributed by atoms with Crippen molar-refractivity contribution in [1.29, 1.82) is 5.26 Å². The van der Waals surface area contributed by atoms with E-state index in [0.29, 0.717) is 6.54 Å². The molecule has 114 valence electrons. The van der Waals surface area contributed by atoms with E-state index in [2.05, 4.69) is 11.4 Å². The third kappa shape index (κ3) is 4.57. The van der Waals surface area contributed by atoms with Gasteiger partial charge in [0.25, 0.3) is 0 Å². The molecule has 1 N–H and O–H groups in total. The van der Waals surface area contributed by atoms with Crippen molar-refractivity contribution in [3.63, 3.8) is 0 Å². The molecule has 2 unspecified atom stereocenters. The zero-order valence-electron chi connectivity index (χ0n) is 13.6. The van der Waals surface area contributed by atoms with Gasteiger partial charge in [-0.25, -0.2) is 0 Å². The Hall–Kier alpha value is -1.86. The number of nitriles is 1. The number of hydrogen-bond acceptors (Lipinski definition) is 3. The van der Waals surface area contributed by atoms with Gasteiger partial charge in [-0.05, 0) is 32.4 Å². The molecule has 1 aromatic carbocycles. The average Bonchev–Trinajstić information content (AvgIpc) is 2.46. The maximum absolute atomic E-state index is 12.3. The Bertz CT molecular complexity index is 507. The largest absolute Gasteiger partial charge is 0.336 e. The molecule has 0 aliphatic heterocycles. The van der Waals surface area contributed by atoms with Crippen molar-refractivity contribution in [3.8, 4) is 6.07 Å². The van der Waals surface area contributed by atoms with Gasteiger partial charge in [-0.3, -0.25) is 9.69 Å². The normalized spacial score (nSPS) is 15.3. The third-order valence-electron chi connectivity index (χ3n) is 4.09. The fraction of sp³-hybridized carbons (Fsp3) is 0.529. The quantitative estimate of drug-likeness (QED) is 0.875. The molecule has 0 aliphatic rings. The van der Waals surface area contributed by atoms with E-state index >= 15 is 0 Å². The van der Waals surface area contributed by atoms with Crippen LogP contribution in [0.2, 0.25) is 0 Å². The van der Waals surface area contributed by atoms with Crippen molar-refractivity contribution < 1.29 is 4.79 Å². The first-order chi connectivity index (χ1) is 9.80. The summed E-state index contributed by atoms with van der Waals surface area (Å²) in [4.78, 5) is 14.3. The topological polar surface area (TPSA) is 56.1 Å². The van der Waals surface area contributed by atoms with E-state index in [1.165, 1.54) is 0 Å². The number of carbonyl (C=O) groups is 1. The van der Waals surface area contributed by atoms with Crippen LogP contribution in [0, 0.1) is 17.2 Å². The van der Waals surface area contributed by atoms with E-state index in [1.807, 2.05) is 63.1 Å². The summed E-state index contributed by atoms with van der Waals surface area (Å²) in [6.45, 7) is 8.18. The fourth-order valence-electron chi connectivity index (χ4n) is 1.87. The van der Waals surface area contributed by atoms with Crippen LogP contribution in [0.3, 0.4) is 0 Å². The van der Waals surface area contributed by atoms with Gasteiger partial charge in [0, 0.05) is 6.54 Å². The molecule has 0 bridgehead atoms. The zero-order chi connectivity index (χ0) is 16.0. The lowest BCUT2D eigenvalue weighted by atomic mass is 9.90. The molecule has 1 amide bonds. The highest BCUT2D eigenvalue weighted by Gasteiger charge is 2.32. The van der Waals surface area contributed by atoms with Crippen LogP contribution in [0.1, 0.15) is 33.3 Å². The lowest BCUT2D eigenvalue weighted by molar-refractivity contribution is -0.127. The van der Waals surface area contributed by atoms with Crippen LogP contribution < -0.4 is 5.32 Å². The number of hydrogen-bond donors (Lipinski definition) is 1. The van der Waals surface area contributed by atoms with E-state index < -0.39 is 5.54 Å². The number of carbonyl (C=O) groups excluding carboxylic acids is 1. The highest BCUT2D eigenvalue weighted by Crippen LogP contribution is 2.16. The van der Waals surface area contributed by atoms with Crippen molar-refractivity contribution in [2.24, 2.45) is 5.92 Å². The molecule has 0 saturated heterocycles. The van der Waals surface area contributed by atoms with Gasteiger partial charge in [0.1, 0.15) is 5.54 Å². The van der Waals surface area contributed by atoms with E-state index in [9.17, 15) is 10.1 Å². The summed E-state index contributed by atoms with van der Waals surface area (Å²) in [5.41, 5.74) is 0.324. The van der Waals surface area contributed by atoms with Crippen LogP contribution in [0.5, 0.6) is 0 Å². The molecule has 21 heavy (non-hydrogen) atoms. The second-order valence-corrected chi connectivity index (χ2v) is 6.03. The molecule has 2 atom stereocenters. The summed E-state index contributed by atoms with van der Waals surface area (Å²) in [6.07, 6.45) is 0. The maximum atomic E-state index is 12.3. The average molecular weight is 287 g/mol. The van der Waals surface area contributed by atoms with Crippen molar-refractivity contribution in [2.75, 3.05) is 7.05 Å². The van der Waals surface area contributed by atoms with E-state index in [1.54, 1.807) is 6.92 Å². The summed E-state index contributed by atoms with van der Waals surface area (Å²) in [5, 5.41) is 12.1. The minimum Gasteiger partial charge on any atom is -0.336 e. The van der Waals surface area contributed by atoms with Crippen molar-refractivity contribution in [3.05, 3.63) is 35.9 Å². The Labute approximate surface area is 127 Å². The van der Waals surface area contributed by atoms with Crippen molar-refractivity contribution in [2.45, 2.75) is 45.8 Å². The number of benzene rings is 1. The van der Waals surface area contributed by atoms with Crippen LogP contribution in [0.4, 0.5) is 0 Å². The molecule has 0 aromatic heterocycles. The van der Waals surface area contributed by atoms with Gasteiger partial charge in [0.15, 0.2) is 0 Å². The lowest BCUT2D eigenvalue weighted by Crippen LogP contribution is -2.54. The Kier molecular flexibility index (Phi) is 5.92. The molecular weight excluding hydrogens is 262 g/mol. The molecule has 4 heteroatoms. The highest BCUT2D eigenvalue weighted by molar-refractivity contribution is 5.82. The molecule has 0 spiro atoms. The van der Waals surface area contributed by atoms with E-state index in [4.69, 9.17) is 0 Å². The maximum Gasteiger partial charge on any atom is 0.238 e. The Morgan fingerprint density at radius 3 is 2.38 bits per heavy atom. The molecule has 1 rings (SSSR count). The Morgan fingerprint density at radius 2 is 1.90 bits per heavy atom. The van der Waals surface area contributed by atoms with Crippen LogP contribution in [-0.2, 0) is 11.3 Å². The molecule has 0 saturated carbocycles. The van der Waals surface area contributed by atoms with Gasteiger partial charge < -0.3 is 5.32 Å². The van der Waals surface area contributed by atoms with Gasteiger partial charge in [0.2, 0.25) is 5.91 Å². The predicted octanol–water partition coefficient (Wildman–Crippen LogP) is 2.56. The minimum atomic E-state index is -0.834. The Morgan fingerprint density at radius 1 is 1.33 bits per heavy atom. The first kappa shape index (κ1) is 17.2. The molecule has 0 aliphatic carbocycles. The summed E-state index contributed by atoms with van der Waals surface area (Å²) in [6, 6.07) is 11.9. The van der Waals surface area contributed by atoms with Gasteiger partial charge in [-0.2, -0.15) is 5.26 Å². The van der Waals surface area contributed by atoms with Crippen molar-refractivity contribution in [1.82, 2.24) is 10.2 Å². The number of amides is 1.